The van der Waals surface area contributed by atoms with E-state index < -0.39 is 0 Å². The van der Waals surface area contributed by atoms with Crippen LogP contribution < -0.4 is 0 Å². The van der Waals surface area contributed by atoms with E-state index in [4.69, 9.17) is 0 Å². The first-order valence-electron chi connectivity index (χ1n) is 12.8. The summed E-state index contributed by atoms with van der Waals surface area (Å²) in [6, 6.07) is 34.7. The Labute approximate surface area is 209 Å². The molecule has 0 saturated carbocycles. The molecule has 1 aliphatic rings. The zero-order valence-electron chi connectivity index (χ0n) is 21.7. The minimum Gasteiger partial charge on any atom is -0.0619 e. The highest BCUT2D eigenvalue weighted by atomic mass is 14.3. The van der Waals surface area contributed by atoms with Crippen LogP contribution in [0, 0.1) is 0 Å². The van der Waals surface area contributed by atoms with E-state index in [1.807, 2.05) is 0 Å². The van der Waals surface area contributed by atoms with Gasteiger partial charge in [-0.2, -0.15) is 0 Å². The van der Waals surface area contributed by atoms with Gasteiger partial charge in [0.05, 0.1) is 0 Å². The minimum absolute atomic E-state index is 0.0964. The highest BCUT2D eigenvalue weighted by Crippen LogP contribution is 2.51. The van der Waals surface area contributed by atoms with Gasteiger partial charge in [0.25, 0.3) is 0 Å². The van der Waals surface area contributed by atoms with Gasteiger partial charge in [0.2, 0.25) is 0 Å². The molecular weight excluding hydrogens is 420 g/mol. The molecule has 1 aliphatic carbocycles. The molecule has 0 heterocycles. The van der Waals surface area contributed by atoms with Crippen molar-refractivity contribution in [3.8, 4) is 11.1 Å². The SMILES string of the molecule is CC(C)(C)c1ccc2cc3ccc(C(C)(C)C)cc3c(C3c4ccccc4-c4ccccc43)c2c1. The smallest absolute Gasteiger partial charge is 0.0364 e. The van der Waals surface area contributed by atoms with Gasteiger partial charge in [-0.3, -0.25) is 0 Å². The second kappa shape index (κ2) is 7.56. The standard InChI is InChI=1S/C35H34/c1-34(2,3)24-17-15-22-19-23-16-18-25(35(4,5)6)21-31(23)33(30(22)20-24)32-28-13-9-7-11-26(28)27-12-8-10-14-29(27)32/h7-21,32H,1-6H3. The van der Waals surface area contributed by atoms with Crippen LogP contribution in [0.3, 0.4) is 0 Å². The predicted octanol–water partition coefficient (Wildman–Crippen LogP) is 9.75. The molecule has 0 spiro atoms. The number of hydrogen-bond donors (Lipinski definition) is 0. The largest absolute Gasteiger partial charge is 0.0619 e. The molecule has 5 aromatic rings. The number of benzene rings is 5. The molecule has 0 nitrogen and oxygen atoms in total. The van der Waals surface area contributed by atoms with Crippen LogP contribution in [0.15, 0.2) is 91.0 Å². The Balaban J connectivity index is 1.79. The highest BCUT2D eigenvalue weighted by molar-refractivity contribution is 6.05. The maximum absolute atomic E-state index is 2.47. The summed E-state index contributed by atoms with van der Waals surface area (Å²) >= 11 is 0. The lowest BCUT2D eigenvalue weighted by Gasteiger charge is -2.25. The Hall–Kier alpha value is -3.38. The quantitative estimate of drug-likeness (QED) is 0.217. The van der Waals surface area contributed by atoms with Gasteiger partial charge >= 0.3 is 0 Å². The molecule has 0 saturated heterocycles. The maximum Gasteiger partial charge on any atom is 0.0364 e. The number of rotatable bonds is 1. The molecule has 0 fully saturated rings. The van der Waals surface area contributed by atoms with Gasteiger partial charge in [-0.25, -0.2) is 0 Å². The monoisotopic (exact) mass is 454 g/mol. The molecule has 0 N–H and O–H groups in total. The summed E-state index contributed by atoms with van der Waals surface area (Å²) in [5.74, 6) is 0.221. The molecule has 0 aromatic heterocycles. The minimum atomic E-state index is 0.0964. The Morgan fingerprint density at radius 2 is 0.914 bits per heavy atom. The van der Waals surface area contributed by atoms with Crippen molar-refractivity contribution in [2.45, 2.75) is 58.3 Å². The fraction of sp³-hybridized carbons (Fsp3) is 0.257. The maximum atomic E-state index is 2.47. The van der Waals surface area contributed by atoms with E-state index in [0.717, 1.165) is 0 Å². The Morgan fingerprint density at radius 3 is 1.34 bits per heavy atom. The van der Waals surface area contributed by atoms with Crippen LogP contribution in [0.25, 0.3) is 32.7 Å². The van der Waals surface area contributed by atoms with E-state index in [1.165, 1.54) is 60.5 Å². The van der Waals surface area contributed by atoms with Crippen LogP contribution >= 0.6 is 0 Å². The van der Waals surface area contributed by atoms with Gasteiger partial charge in [-0.15, -0.1) is 0 Å². The molecule has 0 heteroatoms. The third-order valence-electron chi connectivity index (χ3n) is 7.85. The summed E-state index contributed by atoms with van der Waals surface area (Å²) in [7, 11) is 0. The third kappa shape index (κ3) is 3.50. The van der Waals surface area contributed by atoms with E-state index in [9.17, 15) is 0 Å². The Kier molecular flexibility index (Phi) is 4.77. The van der Waals surface area contributed by atoms with Crippen molar-refractivity contribution in [2.24, 2.45) is 0 Å². The van der Waals surface area contributed by atoms with E-state index in [-0.39, 0.29) is 16.7 Å². The van der Waals surface area contributed by atoms with Crippen LogP contribution in [0.1, 0.15) is 75.3 Å². The second-order valence-corrected chi connectivity index (χ2v) is 12.3. The van der Waals surface area contributed by atoms with Crippen molar-refractivity contribution in [3.05, 3.63) is 119 Å². The molecule has 174 valence electrons. The summed E-state index contributed by atoms with van der Waals surface area (Å²) in [5, 5.41) is 5.41. The van der Waals surface area contributed by atoms with Crippen LogP contribution in [0.4, 0.5) is 0 Å². The first-order valence-corrected chi connectivity index (χ1v) is 12.8. The molecule has 0 unspecified atom stereocenters. The molecule has 5 aromatic carbocycles. The van der Waals surface area contributed by atoms with Crippen LogP contribution in [-0.4, -0.2) is 0 Å². The predicted molar refractivity (Wildman–Crippen MR) is 152 cm³/mol. The van der Waals surface area contributed by atoms with Gasteiger partial charge < -0.3 is 0 Å². The molecule has 0 bridgehead atoms. The normalized spacial score (nSPS) is 13.9. The van der Waals surface area contributed by atoms with Crippen molar-refractivity contribution >= 4 is 21.5 Å². The van der Waals surface area contributed by atoms with Gasteiger partial charge in [0.15, 0.2) is 0 Å². The van der Waals surface area contributed by atoms with Crippen LogP contribution in [-0.2, 0) is 10.8 Å². The second-order valence-electron chi connectivity index (χ2n) is 12.3. The average Bonchev–Trinajstić information content (AvgIpc) is 3.15. The van der Waals surface area contributed by atoms with E-state index in [0.29, 0.717) is 0 Å². The lowest BCUT2D eigenvalue weighted by Crippen LogP contribution is -2.12. The zero-order valence-corrected chi connectivity index (χ0v) is 21.7. The molecule has 35 heavy (non-hydrogen) atoms. The summed E-state index contributed by atoms with van der Waals surface area (Å²) in [6.07, 6.45) is 0. The van der Waals surface area contributed by atoms with Crippen molar-refractivity contribution in [1.82, 2.24) is 0 Å². The Bertz CT molecular complexity index is 1480. The van der Waals surface area contributed by atoms with Crippen molar-refractivity contribution in [2.75, 3.05) is 0 Å². The van der Waals surface area contributed by atoms with Gasteiger partial charge in [0, 0.05) is 5.92 Å². The molecule has 0 aliphatic heterocycles. The van der Waals surface area contributed by atoms with E-state index >= 15 is 0 Å². The first kappa shape index (κ1) is 22.1. The fourth-order valence-corrected chi connectivity index (χ4v) is 5.85. The molecule has 0 radical (unpaired) electrons. The van der Waals surface area contributed by atoms with Crippen LogP contribution in [0.2, 0.25) is 0 Å². The van der Waals surface area contributed by atoms with Gasteiger partial charge in [0.1, 0.15) is 0 Å². The molecule has 0 atom stereocenters. The average molecular weight is 455 g/mol. The fourth-order valence-electron chi connectivity index (χ4n) is 5.85. The van der Waals surface area contributed by atoms with E-state index in [1.54, 1.807) is 0 Å². The van der Waals surface area contributed by atoms with Crippen molar-refractivity contribution in [1.29, 1.82) is 0 Å². The lowest BCUT2D eigenvalue weighted by atomic mass is 9.78. The summed E-state index contributed by atoms with van der Waals surface area (Å²) in [5.41, 5.74) is 10.0. The topological polar surface area (TPSA) is 0 Å². The lowest BCUT2D eigenvalue weighted by molar-refractivity contribution is 0.591. The highest BCUT2D eigenvalue weighted by Gasteiger charge is 2.32. The molecule has 0 amide bonds. The summed E-state index contributed by atoms with van der Waals surface area (Å²) < 4.78 is 0. The zero-order chi connectivity index (χ0) is 24.5. The van der Waals surface area contributed by atoms with Crippen molar-refractivity contribution < 1.29 is 0 Å². The van der Waals surface area contributed by atoms with E-state index in [2.05, 4.69) is 133 Å². The summed E-state index contributed by atoms with van der Waals surface area (Å²) in [6.45, 7) is 13.9. The number of fused-ring (bicyclic) bond motifs is 5. The van der Waals surface area contributed by atoms with Crippen molar-refractivity contribution in [3.63, 3.8) is 0 Å². The van der Waals surface area contributed by atoms with Gasteiger partial charge in [-0.1, -0.05) is 126 Å². The summed E-state index contributed by atoms with van der Waals surface area (Å²) in [4.78, 5) is 0. The molecule has 6 rings (SSSR count). The van der Waals surface area contributed by atoms with Crippen LogP contribution in [0.5, 0.6) is 0 Å². The Morgan fingerprint density at radius 1 is 0.486 bits per heavy atom. The first-order chi connectivity index (χ1) is 16.6. The van der Waals surface area contributed by atoms with Gasteiger partial charge in [-0.05, 0) is 77.4 Å². The molecular formula is C35H34. The number of hydrogen-bond acceptors (Lipinski definition) is 0. The third-order valence-corrected chi connectivity index (χ3v) is 7.85.